The summed E-state index contributed by atoms with van der Waals surface area (Å²) in [6, 6.07) is 7.32. The molecule has 0 saturated heterocycles. The summed E-state index contributed by atoms with van der Waals surface area (Å²) in [7, 11) is 0. The molecule has 0 fully saturated rings. The number of ether oxygens (including phenoxy) is 1. The van der Waals surface area contributed by atoms with Gasteiger partial charge in [-0.1, -0.05) is 13.0 Å². The van der Waals surface area contributed by atoms with Gasteiger partial charge in [0.2, 0.25) is 0 Å². The minimum atomic E-state index is -0.329. The molecule has 0 aliphatic carbocycles. The Morgan fingerprint density at radius 3 is 2.43 bits per heavy atom. The SMILES string of the molecule is CC1Cc2c(O)cc(O)cc2O[C@H]1c1ccc(O)c(O)c1. The number of hydrogen-bond donors (Lipinski definition) is 4. The molecule has 2 aromatic carbocycles. The minimum absolute atomic E-state index is 0.0175. The van der Waals surface area contributed by atoms with Crippen LogP contribution in [0.15, 0.2) is 30.3 Å². The fraction of sp³-hybridized carbons (Fsp3) is 0.250. The number of aromatic hydroxyl groups is 4. The molecular weight excluding hydrogens is 272 g/mol. The van der Waals surface area contributed by atoms with Crippen LogP contribution >= 0.6 is 0 Å². The average molecular weight is 288 g/mol. The monoisotopic (exact) mass is 288 g/mol. The third-order valence-corrected chi connectivity index (χ3v) is 3.80. The highest BCUT2D eigenvalue weighted by Gasteiger charge is 2.30. The Bertz CT molecular complexity index is 695. The van der Waals surface area contributed by atoms with E-state index in [-0.39, 0.29) is 35.0 Å². The molecule has 0 radical (unpaired) electrons. The van der Waals surface area contributed by atoms with Crippen LogP contribution in [0.2, 0.25) is 0 Å². The third-order valence-electron chi connectivity index (χ3n) is 3.80. The van der Waals surface area contributed by atoms with Gasteiger partial charge in [0.05, 0.1) is 0 Å². The number of phenols is 4. The summed E-state index contributed by atoms with van der Waals surface area (Å²) in [5, 5.41) is 38.4. The van der Waals surface area contributed by atoms with Gasteiger partial charge in [0.15, 0.2) is 11.5 Å². The molecule has 21 heavy (non-hydrogen) atoms. The van der Waals surface area contributed by atoms with E-state index in [1.807, 2.05) is 6.92 Å². The van der Waals surface area contributed by atoms with E-state index in [0.29, 0.717) is 17.7 Å². The van der Waals surface area contributed by atoms with Gasteiger partial charge in [-0.2, -0.15) is 0 Å². The summed E-state index contributed by atoms with van der Waals surface area (Å²) < 4.78 is 5.87. The molecular formula is C16H16O5. The highest BCUT2D eigenvalue weighted by molar-refractivity contribution is 5.51. The summed E-state index contributed by atoms with van der Waals surface area (Å²) in [4.78, 5) is 0. The van der Waals surface area contributed by atoms with E-state index >= 15 is 0 Å². The van der Waals surface area contributed by atoms with Crippen molar-refractivity contribution in [3.05, 3.63) is 41.5 Å². The molecule has 1 aliphatic rings. The second-order valence-corrected chi connectivity index (χ2v) is 5.41. The van der Waals surface area contributed by atoms with Crippen molar-refractivity contribution in [3.63, 3.8) is 0 Å². The molecule has 1 unspecified atom stereocenters. The van der Waals surface area contributed by atoms with E-state index in [4.69, 9.17) is 4.74 Å². The van der Waals surface area contributed by atoms with E-state index in [2.05, 4.69) is 0 Å². The summed E-state index contributed by atoms with van der Waals surface area (Å²) in [6.45, 7) is 1.98. The van der Waals surface area contributed by atoms with E-state index in [1.165, 1.54) is 24.3 Å². The fourth-order valence-corrected chi connectivity index (χ4v) is 2.72. The first-order valence-corrected chi connectivity index (χ1v) is 6.69. The molecule has 0 bridgehead atoms. The zero-order chi connectivity index (χ0) is 15.1. The van der Waals surface area contributed by atoms with Crippen molar-refractivity contribution >= 4 is 0 Å². The maximum absolute atomic E-state index is 9.88. The molecule has 2 aromatic rings. The number of fused-ring (bicyclic) bond motifs is 1. The number of phenolic OH excluding ortho intramolecular Hbond substituents is 4. The molecule has 5 nitrogen and oxygen atoms in total. The van der Waals surface area contributed by atoms with Gasteiger partial charge in [-0.3, -0.25) is 0 Å². The van der Waals surface area contributed by atoms with E-state index in [1.54, 1.807) is 6.07 Å². The molecule has 0 aromatic heterocycles. The van der Waals surface area contributed by atoms with Gasteiger partial charge in [-0.15, -0.1) is 0 Å². The van der Waals surface area contributed by atoms with Gasteiger partial charge in [0.1, 0.15) is 23.4 Å². The second kappa shape index (κ2) is 4.77. The van der Waals surface area contributed by atoms with Crippen LogP contribution in [-0.2, 0) is 6.42 Å². The lowest BCUT2D eigenvalue weighted by Crippen LogP contribution is -2.23. The topological polar surface area (TPSA) is 90.2 Å². The van der Waals surface area contributed by atoms with Crippen molar-refractivity contribution in [2.24, 2.45) is 5.92 Å². The van der Waals surface area contributed by atoms with Crippen LogP contribution in [-0.4, -0.2) is 20.4 Å². The normalized spacial score (nSPS) is 20.6. The summed E-state index contributed by atoms with van der Waals surface area (Å²) in [5.74, 6) is 0.0720. The Kier molecular flexibility index (Phi) is 3.05. The third kappa shape index (κ3) is 2.31. The van der Waals surface area contributed by atoms with Crippen LogP contribution in [0.3, 0.4) is 0 Å². The minimum Gasteiger partial charge on any atom is -0.508 e. The molecule has 3 rings (SSSR count). The lowest BCUT2D eigenvalue weighted by molar-refractivity contribution is 0.121. The molecule has 2 atom stereocenters. The average Bonchev–Trinajstić information content (AvgIpc) is 2.42. The van der Waals surface area contributed by atoms with Crippen LogP contribution < -0.4 is 4.74 Å². The highest BCUT2D eigenvalue weighted by atomic mass is 16.5. The Morgan fingerprint density at radius 1 is 0.952 bits per heavy atom. The van der Waals surface area contributed by atoms with Crippen LogP contribution in [0, 0.1) is 5.92 Å². The summed E-state index contributed by atoms with van der Waals surface area (Å²) in [5.41, 5.74) is 1.39. The van der Waals surface area contributed by atoms with E-state index < -0.39 is 0 Å². The molecule has 1 aliphatic heterocycles. The number of hydrogen-bond acceptors (Lipinski definition) is 5. The smallest absolute Gasteiger partial charge is 0.157 e. The molecule has 110 valence electrons. The molecule has 0 spiro atoms. The van der Waals surface area contributed by atoms with Crippen molar-refractivity contribution < 1.29 is 25.2 Å². The van der Waals surface area contributed by atoms with Crippen molar-refractivity contribution in [2.45, 2.75) is 19.4 Å². The zero-order valence-electron chi connectivity index (χ0n) is 11.4. The summed E-state index contributed by atoms with van der Waals surface area (Å²) >= 11 is 0. The maximum Gasteiger partial charge on any atom is 0.157 e. The van der Waals surface area contributed by atoms with Gasteiger partial charge in [0.25, 0.3) is 0 Å². The van der Waals surface area contributed by atoms with Crippen LogP contribution in [0.25, 0.3) is 0 Å². The van der Waals surface area contributed by atoms with E-state index in [9.17, 15) is 20.4 Å². The Balaban J connectivity index is 2.00. The first-order chi connectivity index (χ1) is 9.95. The first kappa shape index (κ1) is 13.4. The number of rotatable bonds is 1. The van der Waals surface area contributed by atoms with E-state index in [0.717, 1.165) is 5.56 Å². The molecule has 1 heterocycles. The Morgan fingerprint density at radius 2 is 1.71 bits per heavy atom. The summed E-state index contributed by atoms with van der Waals surface area (Å²) in [6.07, 6.45) is 0.263. The molecule has 4 N–H and O–H groups in total. The molecule has 5 heteroatoms. The van der Waals surface area contributed by atoms with Gasteiger partial charge < -0.3 is 25.2 Å². The lowest BCUT2D eigenvalue weighted by Gasteiger charge is -2.32. The largest absolute Gasteiger partial charge is 0.508 e. The predicted octanol–water partition coefficient (Wildman–Crippen LogP) is 2.82. The first-order valence-electron chi connectivity index (χ1n) is 6.69. The second-order valence-electron chi connectivity index (χ2n) is 5.41. The van der Waals surface area contributed by atoms with Crippen molar-refractivity contribution in [1.29, 1.82) is 0 Å². The quantitative estimate of drug-likeness (QED) is 0.606. The van der Waals surface area contributed by atoms with Crippen molar-refractivity contribution in [2.75, 3.05) is 0 Å². The van der Waals surface area contributed by atoms with Crippen LogP contribution in [0.1, 0.15) is 24.2 Å². The number of benzene rings is 2. The van der Waals surface area contributed by atoms with Crippen LogP contribution in [0.4, 0.5) is 0 Å². The standard InChI is InChI=1S/C16H16O5/c1-8-4-11-13(19)6-10(17)7-15(11)21-16(8)9-2-3-12(18)14(20)5-9/h2-3,5-8,16-20H,4H2,1H3/t8?,16-/m1/s1. The van der Waals surface area contributed by atoms with Gasteiger partial charge >= 0.3 is 0 Å². The Hall–Kier alpha value is -2.56. The lowest BCUT2D eigenvalue weighted by atomic mass is 9.87. The molecule has 0 saturated carbocycles. The fourth-order valence-electron chi connectivity index (χ4n) is 2.72. The van der Waals surface area contributed by atoms with Gasteiger partial charge in [0, 0.05) is 23.6 Å². The predicted molar refractivity (Wildman–Crippen MR) is 75.8 cm³/mol. The highest BCUT2D eigenvalue weighted by Crippen LogP contribution is 2.44. The zero-order valence-corrected chi connectivity index (χ0v) is 11.4. The molecule has 0 amide bonds. The Labute approximate surface area is 121 Å². The van der Waals surface area contributed by atoms with Crippen molar-refractivity contribution in [3.8, 4) is 28.7 Å². The maximum atomic E-state index is 9.88. The van der Waals surface area contributed by atoms with Crippen LogP contribution in [0.5, 0.6) is 28.7 Å². The van der Waals surface area contributed by atoms with Crippen molar-refractivity contribution in [1.82, 2.24) is 0 Å². The van der Waals surface area contributed by atoms with Gasteiger partial charge in [-0.05, 0) is 24.1 Å². The van der Waals surface area contributed by atoms with Gasteiger partial charge in [-0.25, -0.2) is 0 Å².